The van der Waals surface area contributed by atoms with Gasteiger partial charge >= 0.3 is 0 Å². The van der Waals surface area contributed by atoms with Gasteiger partial charge < -0.3 is 21.1 Å². The molecule has 17 heteroatoms. The number of carbonyl (C=O) groups is 5. The molecular weight excluding hydrogens is 735 g/mol. The van der Waals surface area contributed by atoms with Gasteiger partial charge in [0.05, 0.1) is 28.6 Å². The summed E-state index contributed by atoms with van der Waals surface area (Å²) in [5.74, 6) is -2.77. The molecule has 1 aromatic carbocycles. The largest absolute Gasteiger partial charge is 0.384 e. The van der Waals surface area contributed by atoms with Crippen LogP contribution in [0, 0.1) is 11.8 Å². The third-order valence-electron chi connectivity index (χ3n) is 11.1. The quantitative estimate of drug-likeness (QED) is 0.198. The number of nitrogens with two attached hydrogens (primary N) is 1. The monoisotopic (exact) mass is 783 g/mol. The standard InChI is InChI=1S/C37H49N7O8S2/c1-36(2,50)30-20-39-42-44(30)26-19-29(34(48)41-37(31(45)32(38)46)14-16-53-17-15-37)43(21-26)35(49)28(18-23-6-4-3-5-7-23)40-33(47)25-10-12-27(13-11-25)54(51,52)22-24-8-9-24/h10-13,20,23-24,26,29,50H,3-9,14-19,21-22H2,1-2H3,(H2,38,46)(H,41,48)/t26-,29-/m0/s1. The Balaban J connectivity index is 1.34. The molecule has 2 saturated heterocycles. The number of ketones is 1. The third-order valence-corrected chi connectivity index (χ3v) is 13.9. The highest BCUT2D eigenvalue weighted by atomic mass is 32.2. The fraction of sp³-hybridized carbons (Fsp3) is 0.622. The molecule has 6 rings (SSSR count). The van der Waals surface area contributed by atoms with Gasteiger partial charge in [-0.3, -0.25) is 24.0 Å². The fourth-order valence-corrected chi connectivity index (χ4v) is 10.7. The first kappa shape index (κ1) is 39.7. The van der Waals surface area contributed by atoms with Gasteiger partial charge in [0.15, 0.2) is 9.84 Å². The minimum absolute atomic E-state index is 0.0288. The van der Waals surface area contributed by atoms with Crippen molar-refractivity contribution in [2.75, 3.05) is 23.8 Å². The van der Waals surface area contributed by atoms with Crippen molar-refractivity contribution in [3.63, 3.8) is 0 Å². The number of likely N-dealkylation sites (tertiary alicyclic amines) is 1. The molecule has 4 N–H and O–H groups in total. The van der Waals surface area contributed by atoms with Crippen molar-refractivity contribution in [1.29, 1.82) is 0 Å². The number of primary amides is 1. The first-order chi connectivity index (χ1) is 25.6. The average Bonchev–Trinajstić information content (AvgIpc) is 3.59. The highest BCUT2D eigenvalue weighted by molar-refractivity contribution is 7.99. The van der Waals surface area contributed by atoms with Gasteiger partial charge in [-0.2, -0.15) is 11.8 Å². The Hall–Kier alpha value is -3.96. The zero-order valence-electron chi connectivity index (χ0n) is 30.7. The second-order valence-electron chi connectivity index (χ2n) is 15.7. The van der Waals surface area contributed by atoms with E-state index in [1.807, 2.05) is 0 Å². The van der Waals surface area contributed by atoms with Crippen LogP contribution in [0.1, 0.15) is 107 Å². The Morgan fingerprint density at radius 2 is 1.69 bits per heavy atom. The number of thioether (sulfide) groups is 1. The van der Waals surface area contributed by atoms with E-state index >= 15 is 0 Å². The number of hydrogen-bond donors (Lipinski definition) is 3. The van der Waals surface area contributed by atoms with Gasteiger partial charge in [-0.1, -0.05) is 37.3 Å². The molecule has 54 heavy (non-hydrogen) atoms. The SMILES string of the molecule is CC(C)(O)c1cnnn1[C@H]1C[C@@H](C(=O)NC2(C(=O)C(N)=O)CCSCC2)N(C(=O)C(CC2CCCCC2)=NC(=O)c2ccc(S(=O)(=O)CC3CC3)cc2)C1. The maximum atomic E-state index is 14.8. The normalized spacial score (nSPS) is 22.5. The van der Waals surface area contributed by atoms with E-state index < -0.39 is 62.5 Å². The van der Waals surface area contributed by atoms with Gasteiger partial charge in [-0.25, -0.2) is 18.1 Å². The summed E-state index contributed by atoms with van der Waals surface area (Å²) in [6.45, 7) is 3.09. The number of aliphatic imine (C=N–C) groups is 1. The van der Waals surface area contributed by atoms with Crippen LogP contribution < -0.4 is 11.1 Å². The van der Waals surface area contributed by atoms with Crippen LogP contribution in [0.4, 0.5) is 0 Å². The summed E-state index contributed by atoms with van der Waals surface area (Å²) in [4.78, 5) is 74.0. The van der Waals surface area contributed by atoms with Crippen LogP contribution in [0.15, 0.2) is 40.4 Å². The number of hydrogen-bond acceptors (Lipinski definition) is 11. The second kappa shape index (κ2) is 16.0. The third kappa shape index (κ3) is 8.94. The van der Waals surface area contributed by atoms with Gasteiger partial charge in [0, 0.05) is 18.5 Å². The highest BCUT2D eigenvalue weighted by Crippen LogP contribution is 2.35. The highest BCUT2D eigenvalue weighted by Gasteiger charge is 2.49. The molecule has 0 spiro atoms. The van der Waals surface area contributed by atoms with Gasteiger partial charge in [0.25, 0.3) is 17.7 Å². The van der Waals surface area contributed by atoms with Crippen molar-refractivity contribution in [3.8, 4) is 0 Å². The summed E-state index contributed by atoms with van der Waals surface area (Å²) in [7, 11) is -3.50. The molecule has 4 amide bonds. The summed E-state index contributed by atoms with van der Waals surface area (Å²) in [5.41, 5.74) is 3.00. The van der Waals surface area contributed by atoms with Crippen molar-refractivity contribution in [2.24, 2.45) is 22.6 Å². The minimum Gasteiger partial charge on any atom is -0.384 e. The summed E-state index contributed by atoms with van der Waals surface area (Å²) < 4.78 is 27.1. The van der Waals surface area contributed by atoms with E-state index in [2.05, 4.69) is 20.6 Å². The van der Waals surface area contributed by atoms with Crippen LogP contribution in [0.3, 0.4) is 0 Å². The molecule has 0 bridgehead atoms. The molecule has 2 aromatic rings. The van der Waals surface area contributed by atoms with Crippen molar-refractivity contribution in [1.82, 2.24) is 25.2 Å². The number of sulfone groups is 1. The smallest absolute Gasteiger partial charge is 0.287 e. The molecule has 292 valence electrons. The van der Waals surface area contributed by atoms with E-state index in [0.29, 0.717) is 17.2 Å². The first-order valence-corrected chi connectivity index (χ1v) is 21.5. The predicted molar refractivity (Wildman–Crippen MR) is 200 cm³/mol. The maximum Gasteiger partial charge on any atom is 0.287 e. The Morgan fingerprint density at radius 1 is 1.02 bits per heavy atom. The molecule has 15 nitrogen and oxygen atoms in total. The molecule has 1 aromatic heterocycles. The van der Waals surface area contributed by atoms with Crippen molar-refractivity contribution >= 4 is 56.7 Å². The number of benzene rings is 1. The number of nitrogens with one attached hydrogen (secondary N) is 1. The zero-order chi connectivity index (χ0) is 38.8. The van der Waals surface area contributed by atoms with Crippen LogP contribution in [0.25, 0.3) is 0 Å². The van der Waals surface area contributed by atoms with E-state index in [4.69, 9.17) is 5.73 Å². The lowest BCUT2D eigenvalue weighted by Gasteiger charge is -2.37. The van der Waals surface area contributed by atoms with Crippen LogP contribution in [-0.2, 0) is 34.6 Å². The Labute approximate surface area is 319 Å². The van der Waals surface area contributed by atoms with E-state index in [9.17, 15) is 37.5 Å². The number of Topliss-reactive ketones (excluding diaryl/α,β-unsaturated/α-hetero) is 1. The topological polar surface area (TPSA) is 224 Å². The van der Waals surface area contributed by atoms with Gasteiger partial charge in [0.1, 0.15) is 22.9 Å². The molecule has 0 radical (unpaired) electrons. The van der Waals surface area contributed by atoms with E-state index in [0.717, 1.165) is 44.9 Å². The van der Waals surface area contributed by atoms with Crippen molar-refractivity contribution in [3.05, 3.63) is 41.7 Å². The van der Waals surface area contributed by atoms with E-state index in [1.54, 1.807) is 25.6 Å². The van der Waals surface area contributed by atoms with Crippen LogP contribution >= 0.6 is 11.8 Å². The first-order valence-electron chi connectivity index (χ1n) is 18.7. The molecule has 3 heterocycles. The van der Waals surface area contributed by atoms with Gasteiger partial charge in [0.2, 0.25) is 11.7 Å². The number of nitrogens with zero attached hydrogens (tertiary/aromatic N) is 5. The lowest BCUT2D eigenvalue weighted by atomic mass is 9.85. The molecule has 2 aliphatic heterocycles. The molecule has 4 aliphatic rings. The number of aromatic nitrogens is 3. The lowest BCUT2D eigenvalue weighted by molar-refractivity contribution is -0.143. The number of carbonyl (C=O) groups excluding carboxylic acids is 5. The molecular formula is C37H49N7O8S2. The van der Waals surface area contributed by atoms with E-state index in [-0.39, 0.29) is 66.0 Å². The fourth-order valence-electron chi connectivity index (χ4n) is 7.79. The Kier molecular flexibility index (Phi) is 11.8. The number of amides is 4. The lowest BCUT2D eigenvalue weighted by Crippen LogP contribution is -2.63. The summed E-state index contributed by atoms with van der Waals surface area (Å²) >= 11 is 1.58. The second-order valence-corrected chi connectivity index (χ2v) is 18.9. The molecule has 0 unspecified atom stereocenters. The van der Waals surface area contributed by atoms with E-state index in [1.165, 1.54) is 40.0 Å². The summed E-state index contributed by atoms with van der Waals surface area (Å²) in [5, 5.41) is 21.9. The van der Waals surface area contributed by atoms with Crippen molar-refractivity contribution in [2.45, 2.75) is 113 Å². The summed E-state index contributed by atoms with van der Waals surface area (Å²) in [6, 6.07) is 3.78. The van der Waals surface area contributed by atoms with Crippen LogP contribution in [-0.4, -0.2) is 104 Å². The zero-order valence-corrected chi connectivity index (χ0v) is 32.4. The predicted octanol–water partition coefficient (Wildman–Crippen LogP) is 2.52. The molecule has 2 aliphatic carbocycles. The summed E-state index contributed by atoms with van der Waals surface area (Å²) in [6.07, 6.45) is 8.44. The van der Waals surface area contributed by atoms with Crippen LogP contribution in [0.2, 0.25) is 0 Å². The Bertz CT molecular complexity index is 1910. The molecule has 2 atom stereocenters. The number of aliphatic hydroxyl groups is 1. The number of rotatable bonds is 13. The van der Waals surface area contributed by atoms with Crippen molar-refractivity contribution < 1.29 is 37.5 Å². The maximum absolute atomic E-state index is 14.8. The Morgan fingerprint density at radius 3 is 2.30 bits per heavy atom. The van der Waals surface area contributed by atoms with Crippen LogP contribution in [0.5, 0.6) is 0 Å². The van der Waals surface area contributed by atoms with Gasteiger partial charge in [-0.05, 0) is 93.6 Å². The molecule has 2 saturated carbocycles. The average molecular weight is 784 g/mol. The minimum atomic E-state index is -3.50. The molecule has 4 fully saturated rings. The van der Waals surface area contributed by atoms with Gasteiger partial charge in [-0.15, -0.1) is 5.10 Å².